The number of aliphatic hydroxyl groups excluding tert-OH is 1. The van der Waals surface area contributed by atoms with Crippen molar-refractivity contribution in [3.05, 3.63) is 0 Å². The molecule has 0 aromatic carbocycles. The molecule has 0 unspecified atom stereocenters. The summed E-state index contributed by atoms with van der Waals surface area (Å²) in [5.41, 5.74) is 0.168. The average Bonchev–Trinajstić information content (AvgIpc) is 2.00. The van der Waals surface area contributed by atoms with Gasteiger partial charge in [-0.15, -0.1) is 0 Å². The lowest BCUT2D eigenvalue weighted by Gasteiger charge is -2.46. The SMILES string of the molecule is CC1([C@@H]2C[C@H](O)CCO2)COC1. The lowest BCUT2D eigenvalue weighted by molar-refractivity contribution is -0.199. The summed E-state index contributed by atoms with van der Waals surface area (Å²) in [6.07, 6.45) is 1.60. The molecule has 2 aliphatic rings. The highest BCUT2D eigenvalue weighted by atomic mass is 16.5. The van der Waals surface area contributed by atoms with Crippen molar-refractivity contribution in [1.82, 2.24) is 0 Å². The minimum absolute atomic E-state index is 0.166. The number of aliphatic hydroxyl groups is 1. The van der Waals surface area contributed by atoms with Gasteiger partial charge in [0, 0.05) is 18.4 Å². The normalized spacial score (nSPS) is 40.5. The molecule has 2 aliphatic heterocycles. The maximum Gasteiger partial charge on any atom is 0.0697 e. The van der Waals surface area contributed by atoms with Crippen LogP contribution in [-0.2, 0) is 9.47 Å². The van der Waals surface area contributed by atoms with Gasteiger partial charge < -0.3 is 14.6 Å². The van der Waals surface area contributed by atoms with E-state index in [4.69, 9.17) is 9.47 Å². The molecule has 0 aromatic rings. The van der Waals surface area contributed by atoms with Crippen LogP contribution in [0.4, 0.5) is 0 Å². The van der Waals surface area contributed by atoms with Crippen LogP contribution in [0.2, 0.25) is 0 Å². The molecule has 0 bridgehead atoms. The van der Waals surface area contributed by atoms with Crippen molar-refractivity contribution >= 4 is 0 Å². The fourth-order valence-corrected chi connectivity index (χ4v) is 1.87. The van der Waals surface area contributed by atoms with E-state index >= 15 is 0 Å². The van der Waals surface area contributed by atoms with Crippen LogP contribution in [0.1, 0.15) is 19.8 Å². The molecule has 3 nitrogen and oxygen atoms in total. The molecule has 0 amide bonds. The van der Waals surface area contributed by atoms with Crippen LogP contribution in [0, 0.1) is 5.41 Å². The Kier molecular flexibility index (Phi) is 2.10. The van der Waals surface area contributed by atoms with Gasteiger partial charge in [-0.3, -0.25) is 0 Å². The first kappa shape index (κ1) is 8.48. The van der Waals surface area contributed by atoms with Crippen molar-refractivity contribution in [2.24, 2.45) is 5.41 Å². The van der Waals surface area contributed by atoms with E-state index in [1.54, 1.807) is 0 Å². The summed E-state index contributed by atoms with van der Waals surface area (Å²) in [6, 6.07) is 0. The molecule has 70 valence electrons. The van der Waals surface area contributed by atoms with Crippen LogP contribution in [0.3, 0.4) is 0 Å². The van der Waals surface area contributed by atoms with E-state index in [1.807, 2.05) is 0 Å². The Morgan fingerprint density at radius 1 is 1.42 bits per heavy atom. The molecule has 1 N–H and O–H groups in total. The Balaban J connectivity index is 1.94. The molecule has 3 heteroatoms. The third-order valence-electron chi connectivity index (χ3n) is 2.90. The Morgan fingerprint density at radius 2 is 2.17 bits per heavy atom. The number of hydrogen-bond acceptors (Lipinski definition) is 3. The van der Waals surface area contributed by atoms with Crippen LogP contribution in [0.25, 0.3) is 0 Å². The standard InChI is InChI=1S/C9H16O3/c1-9(5-11-6-9)8-4-7(10)2-3-12-8/h7-8,10H,2-6H2,1H3/t7-,8+/m1/s1. The van der Waals surface area contributed by atoms with Crippen molar-refractivity contribution in [1.29, 1.82) is 0 Å². The van der Waals surface area contributed by atoms with Crippen LogP contribution >= 0.6 is 0 Å². The van der Waals surface area contributed by atoms with Crippen molar-refractivity contribution in [3.8, 4) is 0 Å². The van der Waals surface area contributed by atoms with Crippen LogP contribution in [-0.4, -0.2) is 37.1 Å². The van der Waals surface area contributed by atoms with Crippen molar-refractivity contribution in [3.63, 3.8) is 0 Å². The Bertz CT molecular complexity index is 165. The molecule has 12 heavy (non-hydrogen) atoms. The van der Waals surface area contributed by atoms with E-state index in [2.05, 4.69) is 6.92 Å². The van der Waals surface area contributed by atoms with E-state index in [0.29, 0.717) is 6.61 Å². The zero-order valence-corrected chi connectivity index (χ0v) is 7.45. The van der Waals surface area contributed by atoms with Gasteiger partial charge in [0.2, 0.25) is 0 Å². The Labute approximate surface area is 72.7 Å². The van der Waals surface area contributed by atoms with Gasteiger partial charge in [-0.1, -0.05) is 6.92 Å². The van der Waals surface area contributed by atoms with Gasteiger partial charge >= 0.3 is 0 Å². The molecule has 0 radical (unpaired) electrons. The van der Waals surface area contributed by atoms with E-state index < -0.39 is 0 Å². The van der Waals surface area contributed by atoms with Crippen molar-refractivity contribution < 1.29 is 14.6 Å². The van der Waals surface area contributed by atoms with Gasteiger partial charge in [-0.05, 0) is 6.42 Å². The molecule has 0 aromatic heterocycles. The number of rotatable bonds is 1. The minimum atomic E-state index is -0.166. The summed E-state index contributed by atoms with van der Waals surface area (Å²) < 4.78 is 10.8. The summed E-state index contributed by atoms with van der Waals surface area (Å²) in [6.45, 7) is 4.43. The molecule has 0 spiro atoms. The van der Waals surface area contributed by atoms with Gasteiger partial charge in [0.05, 0.1) is 25.4 Å². The summed E-state index contributed by atoms with van der Waals surface area (Å²) in [5.74, 6) is 0. The fraction of sp³-hybridized carbons (Fsp3) is 1.00. The zero-order valence-electron chi connectivity index (χ0n) is 7.45. The quantitative estimate of drug-likeness (QED) is 0.628. The third-order valence-corrected chi connectivity index (χ3v) is 2.90. The second-order valence-corrected chi connectivity index (χ2v) is 4.18. The second kappa shape index (κ2) is 2.98. The predicted octanol–water partition coefficient (Wildman–Crippen LogP) is 0.563. The lowest BCUT2D eigenvalue weighted by Crippen LogP contribution is -2.52. The smallest absolute Gasteiger partial charge is 0.0697 e. The first-order valence-corrected chi connectivity index (χ1v) is 4.58. The second-order valence-electron chi connectivity index (χ2n) is 4.18. The van der Waals surface area contributed by atoms with Gasteiger partial charge in [0.25, 0.3) is 0 Å². The molecule has 2 atom stereocenters. The highest BCUT2D eigenvalue weighted by Crippen LogP contribution is 2.36. The molecule has 2 rings (SSSR count). The molecule has 0 saturated carbocycles. The largest absolute Gasteiger partial charge is 0.393 e. The maximum atomic E-state index is 9.44. The molecule has 2 heterocycles. The minimum Gasteiger partial charge on any atom is -0.393 e. The zero-order chi connectivity index (χ0) is 8.60. The Morgan fingerprint density at radius 3 is 2.67 bits per heavy atom. The maximum absolute atomic E-state index is 9.44. The molecule has 2 fully saturated rings. The summed E-state index contributed by atoms with van der Waals surface area (Å²) in [4.78, 5) is 0. The number of hydrogen-bond donors (Lipinski definition) is 1. The topological polar surface area (TPSA) is 38.7 Å². The van der Waals surface area contributed by atoms with Gasteiger partial charge in [-0.2, -0.15) is 0 Å². The molecule has 0 aliphatic carbocycles. The van der Waals surface area contributed by atoms with Crippen LogP contribution < -0.4 is 0 Å². The highest BCUT2D eigenvalue weighted by molar-refractivity contribution is 4.91. The van der Waals surface area contributed by atoms with E-state index in [1.165, 1.54) is 0 Å². The monoisotopic (exact) mass is 172 g/mol. The average molecular weight is 172 g/mol. The van der Waals surface area contributed by atoms with Crippen LogP contribution in [0.15, 0.2) is 0 Å². The summed E-state index contributed by atoms with van der Waals surface area (Å²) >= 11 is 0. The number of ether oxygens (including phenoxy) is 2. The Hall–Kier alpha value is -0.120. The summed E-state index contributed by atoms with van der Waals surface area (Å²) in [7, 11) is 0. The van der Waals surface area contributed by atoms with Gasteiger partial charge in [-0.25, -0.2) is 0 Å². The van der Waals surface area contributed by atoms with E-state index in [-0.39, 0.29) is 17.6 Å². The predicted molar refractivity (Wildman–Crippen MR) is 43.9 cm³/mol. The molecule has 2 saturated heterocycles. The third kappa shape index (κ3) is 1.37. The van der Waals surface area contributed by atoms with Gasteiger partial charge in [0.15, 0.2) is 0 Å². The van der Waals surface area contributed by atoms with Gasteiger partial charge in [0.1, 0.15) is 0 Å². The molecular weight excluding hydrogens is 156 g/mol. The van der Waals surface area contributed by atoms with Crippen LogP contribution in [0.5, 0.6) is 0 Å². The van der Waals surface area contributed by atoms with E-state index in [0.717, 1.165) is 26.1 Å². The fourth-order valence-electron chi connectivity index (χ4n) is 1.87. The van der Waals surface area contributed by atoms with Crippen molar-refractivity contribution in [2.75, 3.05) is 19.8 Å². The summed E-state index contributed by atoms with van der Waals surface area (Å²) in [5, 5.41) is 9.44. The van der Waals surface area contributed by atoms with Crippen molar-refractivity contribution in [2.45, 2.75) is 32.0 Å². The first-order valence-electron chi connectivity index (χ1n) is 4.58. The highest BCUT2D eigenvalue weighted by Gasteiger charge is 2.44. The van der Waals surface area contributed by atoms with E-state index in [9.17, 15) is 5.11 Å². The molecular formula is C9H16O3. The lowest BCUT2D eigenvalue weighted by atomic mass is 9.78. The first-order chi connectivity index (χ1) is 5.71.